The van der Waals surface area contributed by atoms with Crippen molar-refractivity contribution in [3.05, 3.63) is 93.3 Å². The minimum absolute atomic E-state index is 0.0312. The SMILES string of the molecule is COc1ccc(OC)c(C2C(C#N)=C(N)Oc3cc(OC(=O)c4ccc(Br)cc4)ccc32)c1. The topological polar surface area (TPSA) is 104 Å². The van der Waals surface area contributed by atoms with Crippen LogP contribution in [0, 0.1) is 11.3 Å². The maximum Gasteiger partial charge on any atom is 0.343 e. The van der Waals surface area contributed by atoms with E-state index < -0.39 is 11.9 Å². The van der Waals surface area contributed by atoms with Crippen molar-refractivity contribution in [2.24, 2.45) is 5.73 Å². The van der Waals surface area contributed by atoms with Gasteiger partial charge in [0.25, 0.3) is 0 Å². The van der Waals surface area contributed by atoms with Gasteiger partial charge in [0.2, 0.25) is 5.88 Å². The Labute approximate surface area is 199 Å². The normalized spacial score (nSPS) is 14.5. The van der Waals surface area contributed by atoms with Crippen molar-refractivity contribution in [2.45, 2.75) is 5.92 Å². The fourth-order valence-corrected chi connectivity index (χ4v) is 3.90. The highest BCUT2D eigenvalue weighted by molar-refractivity contribution is 9.10. The van der Waals surface area contributed by atoms with E-state index in [1.165, 1.54) is 0 Å². The third kappa shape index (κ3) is 4.36. The summed E-state index contributed by atoms with van der Waals surface area (Å²) in [4.78, 5) is 12.5. The molecule has 0 saturated carbocycles. The summed E-state index contributed by atoms with van der Waals surface area (Å²) in [5.41, 5.74) is 8.12. The van der Waals surface area contributed by atoms with E-state index >= 15 is 0 Å². The smallest absolute Gasteiger partial charge is 0.343 e. The number of ether oxygens (including phenoxy) is 4. The highest BCUT2D eigenvalue weighted by Gasteiger charge is 2.33. The largest absolute Gasteiger partial charge is 0.497 e. The average Bonchev–Trinajstić information content (AvgIpc) is 2.83. The second-order valence-corrected chi connectivity index (χ2v) is 8.04. The number of hydrogen-bond acceptors (Lipinski definition) is 7. The number of nitriles is 1. The highest BCUT2D eigenvalue weighted by atomic mass is 79.9. The molecule has 1 unspecified atom stereocenters. The summed E-state index contributed by atoms with van der Waals surface area (Å²) in [6.45, 7) is 0. The number of rotatable bonds is 5. The van der Waals surface area contributed by atoms with Crippen LogP contribution in [0.25, 0.3) is 0 Å². The molecule has 4 rings (SSSR count). The highest BCUT2D eigenvalue weighted by Crippen LogP contribution is 2.46. The third-order valence-corrected chi connectivity index (χ3v) is 5.76. The number of benzene rings is 3. The van der Waals surface area contributed by atoms with Gasteiger partial charge in [-0.3, -0.25) is 0 Å². The van der Waals surface area contributed by atoms with Crippen LogP contribution in [0.2, 0.25) is 0 Å². The number of nitrogens with zero attached hydrogens (tertiary/aromatic N) is 1. The van der Waals surface area contributed by atoms with Crippen LogP contribution in [0.4, 0.5) is 0 Å². The summed E-state index contributed by atoms with van der Waals surface area (Å²) in [6.07, 6.45) is 0. The van der Waals surface area contributed by atoms with Gasteiger partial charge in [-0.15, -0.1) is 0 Å². The lowest BCUT2D eigenvalue weighted by Crippen LogP contribution is -2.21. The molecule has 1 heterocycles. The summed E-state index contributed by atoms with van der Waals surface area (Å²) >= 11 is 3.34. The molecule has 1 atom stereocenters. The Morgan fingerprint density at radius 3 is 2.39 bits per heavy atom. The van der Waals surface area contributed by atoms with Crippen molar-refractivity contribution < 1.29 is 23.7 Å². The maximum atomic E-state index is 12.5. The monoisotopic (exact) mass is 506 g/mol. The van der Waals surface area contributed by atoms with E-state index in [1.807, 2.05) is 0 Å². The molecule has 8 heteroatoms. The zero-order valence-corrected chi connectivity index (χ0v) is 19.4. The Bertz CT molecular complexity index is 1300. The van der Waals surface area contributed by atoms with Crippen molar-refractivity contribution in [3.63, 3.8) is 0 Å². The Morgan fingerprint density at radius 1 is 1.00 bits per heavy atom. The van der Waals surface area contributed by atoms with E-state index in [0.29, 0.717) is 33.9 Å². The van der Waals surface area contributed by atoms with Gasteiger partial charge >= 0.3 is 5.97 Å². The molecule has 0 aliphatic carbocycles. The first-order valence-electron chi connectivity index (χ1n) is 9.86. The van der Waals surface area contributed by atoms with Gasteiger partial charge in [0.05, 0.1) is 25.7 Å². The Hall–Kier alpha value is -3.96. The van der Waals surface area contributed by atoms with Crippen molar-refractivity contribution in [1.29, 1.82) is 5.26 Å². The zero-order chi connectivity index (χ0) is 23.5. The molecule has 33 heavy (non-hydrogen) atoms. The Kier molecular flexibility index (Phi) is 6.24. The lowest BCUT2D eigenvalue weighted by molar-refractivity contribution is 0.0734. The minimum Gasteiger partial charge on any atom is -0.497 e. The van der Waals surface area contributed by atoms with Crippen LogP contribution in [-0.4, -0.2) is 20.2 Å². The first-order valence-corrected chi connectivity index (χ1v) is 10.7. The molecule has 3 aromatic rings. The lowest BCUT2D eigenvalue weighted by atomic mass is 9.83. The number of allylic oxidation sites excluding steroid dienone is 1. The van der Waals surface area contributed by atoms with Crippen LogP contribution < -0.4 is 24.7 Å². The fraction of sp³-hybridized carbons (Fsp3) is 0.120. The summed E-state index contributed by atoms with van der Waals surface area (Å²) in [6, 6.07) is 19.3. The number of esters is 1. The van der Waals surface area contributed by atoms with Gasteiger partial charge in [-0.05, 0) is 48.5 Å². The molecule has 0 radical (unpaired) electrons. The number of carbonyl (C=O) groups is 1. The van der Waals surface area contributed by atoms with Gasteiger partial charge < -0.3 is 24.7 Å². The molecule has 1 aliphatic rings. The molecule has 3 aromatic carbocycles. The van der Waals surface area contributed by atoms with E-state index in [1.54, 1.807) is 74.9 Å². The Balaban J connectivity index is 1.74. The predicted molar refractivity (Wildman–Crippen MR) is 124 cm³/mol. The van der Waals surface area contributed by atoms with Gasteiger partial charge in [0.15, 0.2) is 0 Å². The molecular weight excluding hydrogens is 488 g/mol. The van der Waals surface area contributed by atoms with Crippen molar-refractivity contribution in [2.75, 3.05) is 14.2 Å². The molecule has 0 spiro atoms. The van der Waals surface area contributed by atoms with Crippen LogP contribution in [-0.2, 0) is 0 Å². The van der Waals surface area contributed by atoms with E-state index in [2.05, 4.69) is 22.0 Å². The minimum atomic E-state index is -0.556. The molecule has 1 aliphatic heterocycles. The summed E-state index contributed by atoms with van der Waals surface area (Å²) in [5, 5.41) is 9.82. The first-order chi connectivity index (χ1) is 15.9. The van der Waals surface area contributed by atoms with Crippen molar-refractivity contribution >= 4 is 21.9 Å². The lowest BCUT2D eigenvalue weighted by Gasteiger charge is -2.28. The number of nitrogens with two attached hydrogens (primary N) is 1. The van der Waals surface area contributed by atoms with Gasteiger partial charge in [0.1, 0.15) is 34.6 Å². The second-order valence-electron chi connectivity index (χ2n) is 7.13. The molecule has 2 N–H and O–H groups in total. The van der Waals surface area contributed by atoms with Crippen molar-refractivity contribution in [3.8, 4) is 29.1 Å². The number of fused-ring (bicyclic) bond motifs is 1. The average molecular weight is 507 g/mol. The van der Waals surface area contributed by atoms with Crippen LogP contribution in [0.1, 0.15) is 27.4 Å². The standard InChI is InChI=1S/C25H19BrN2O5/c1-30-16-8-10-21(31-2)19(11-16)23-18-9-7-17(12-22(18)33-24(28)20(23)13-27)32-25(29)14-3-5-15(26)6-4-14/h3-12,23H,28H2,1-2H3. The van der Waals surface area contributed by atoms with Crippen molar-refractivity contribution in [1.82, 2.24) is 0 Å². The molecule has 0 bridgehead atoms. The van der Waals surface area contributed by atoms with Crippen LogP contribution in [0.15, 0.2) is 76.6 Å². The van der Waals surface area contributed by atoms with Crippen LogP contribution >= 0.6 is 15.9 Å². The number of halogens is 1. The second kappa shape index (κ2) is 9.27. The van der Waals surface area contributed by atoms with E-state index in [9.17, 15) is 10.1 Å². The molecular formula is C25H19BrN2O5. The summed E-state index contributed by atoms with van der Waals surface area (Å²) in [7, 11) is 3.11. The molecule has 0 fully saturated rings. The van der Waals surface area contributed by atoms with Crippen LogP contribution in [0.3, 0.4) is 0 Å². The first kappa shape index (κ1) is 22.2. The molecule has 7 nitrogen and oxygen atoms in total. The fourth-order valence-electron chi connectivity index (χ4n) is 3.64. The predicted octanol–water partition coefficient (Wildman–Crippen LogP) is 4.90. The Morgan fingerprint density at radius 2 is 1.73 bits per heavy atom. The summed E-state index contributed by atoms with van der Waals surface area (Å²) in [5.74, 6) is 0.741. The summed E-state index contributed by atoms with van der Waals surface area (Å²) < 4.78 is 23.0. The van der Waals surface area contributed by atoms with Gasteiger partial charge in [-0.2, -0.15) is 5.26 Å². The van der Waals surface area contributed by atoms with E-state index in [0.717, 1.165) is 4.47 Å². The maximum absolute atomic E-state index is 12.5. The van der Waals surface area contributed by atoms with Crippen LogP contribution in [0.5, 0.6) is 23.0 Å². The molecule has 166 valence electrons. The molecule has 0 amide bonds. The van der Waals surface area contributed by atoms with Gasteiger partial charge in [-0.25, -0.2) is 4.79 Å². The zero-order valence-electron chi connectivity index (χ0n) is 17.8. The van der Waals surface area contributed by atoms with E-state index in [-0.39, 0.29) is 17.2 Å². The number of carbonyl (C=O) groups excluding carboxylic acids is 1. The quantitative estimate of drug-likeness (QED) is 0.387. The van der Waals surface area contributed by atoms with Gasteiger partial charge in [0, 0.05) is 21.7 Å². The number of methoxy groups -OCH3 is 2. The molecule has 0 saturated heterocycles. The number of hydrogen-bond donors (Lipinski definition) is 1. The molecule has 0 aromatic heterocycles. The third-order valence-electron chi connectivity index (χ3n) is 5.23. The van der Waals surface area contributed by atoms with Gasteiger partial charge in [-0.1, -0.05) is 22.0 Å². The van der Waals surface area contributed by atoms with E-state index in [4.69, 9.17) is 24.7 Å².